The van der Waals surface area contributed by atoms with Gasteiger partial charge in [0.15, 0.2) is 0 Å². The van der Waals surface area contributed by atoms with Gasteiger partial charge in [0, 0.05) is 55.5 Å². The van der Waals surface area contributed by atoms with Crippen LogP contribution < -0.4 is 16.0 Å². The second-order valence-corrected chi connectivity index (χ2v) is 8.54. The molecule has 2 aromatic rings. The van der Waals surface area contributed by atoms with Crippen molar-refractivity contribution in [1.29, 1.82) is 0 Å². The summed E-state index contributed by atoms with van der Waals surface area (Å²) in [6.45, 7) is 8.24. The number of hydrogen-bond acceptors (Lipinski definition) is 5. The Morgan fingerprint density at radius 2 is 1.86 bits per heavy atom. The van der Waals surface area contributed by atoms with E-state index in [0.717, 1.165) is 13.1 Å². The Bertz CT molecular complexity index is 1240. The highest BCUT2D eigenvalue weighted by Gasteiger charge is 2.25. The summed E-state index contributed by atoms with van der Waals surface area (Å²) in [5.41, 5.74) is 8.02. The lowest BCUT2D eigenvalue weighted by Crippen LogP contribution is -2.47. The SMILES string of the molecule is C=C(/N=C1\C(=C/N)C=CN1c1ccc(C(=O)N2CCN(C)CC2)c(F)c1)Nc1ccc(F)c(C)c1. The number of amidine groups is 1. The van der Waals surface area contributed by atoms with Gasteiger partial charge in [0.1, 0.15) is 23.3 Å². The van der Waals surface area contributed by atoms with Gasteiger partial charge in [-0.25, -0.2) is 13.8 Å². The summed E-state index contributed by atoms with van der Waals surface area (Å²) in [6.07, 6.45) is 4.85. The molecule has 0 radical (unpaired) electrons. The molecule has 9 heteroatoms. The third kappa shape index (κ3) is 5.25. The first-order valence-electron chi connectivity index (χ1n) is 11.2. The van der Waals surface area contributed by atoms with Crippen LogP contribution in [0.25, 0.3) is 0 Å². The van der Waals surface area contributed by atoms with Gasteiger partial charge in [-0.05, 0) is 62.0 Å². The average Bonchev–Trinajstić information content (AvgIpc) is 3.23. The zero-order valence-corrected chi connectivity index (χ0v) is 19.8. The van der Waals surface area contributed by atoms with Crippen molar-refractivity contribution in [2.75, 3.05) is 43.4 Å². The Hall–Kier alpha value is -3.98. The van der Waals surface area contributed by atoms with Gasteiger partial charge in [-0.3, -0.25) is 4.79 Å². The molecule has 2 aromatic carbocycles. The van der Waals surface area contributed by atoms with Gasteiger partial charge in [-0.15, -0.1) is 0 Å². The predicted molar refractivity (Wildman–Crippen MR) is 135 cm³/mol. The van der Waals surface area contributed by atoms with Crippen LogP contribution >= 0.6 is 0 Å². The standard InChI is InChI=1S/C26H28F2N6O/c1-17-14-20(4-7-23(17)27)30-18(2)31-25-19(16-29)8-9-34(25)21-5-6-22(24(28)15-21)26(35)33-12-10-32(3)11-13-33/h4-9,14-16,30H,2,10-13,29H2,1,3H3/b19-16-,31-25+. The third-order valence-corrected chi connectivity index (χ3v) is 6.01. The van der Waals surface area contributed by atoms with Crippen molar-refractivity contribution in [1.82, 2.24) is 9.80 Å². The lowest BCUT2D eigenvalue weighted by molar-refractivity contribution is 0.0659. The van der Waals surface area contributed by atoms with Crippen LogP contribution in [0, 0.1) is 18.6 Å². The molecule has 1 saturated heterocycles. The Morgan fingerprint density at radius 1 is 1.11 bits per heavy atom. The Kier molecular flexibility index (Phi) is 6.97. The quantitative estimate of drug-likeness (QED) is 0.683. The largest absolute Gasteiger partial charge is 0.404 e. The highest BCUT2D eigenvalue weighted by molar-refractivity contribution is 6.15. The number of carbonyl (C=O) groups is 1. The van der Waals surface area contributed by atoms with Crippen LogP contribution in [-0.2, 0) is 0 Å². The zero-order chi connectivity index (χ0) is 25.1. The molecule has 0 unspecified atom stereocenters. The molecule has 0 saturated carbocycles. The number of aryl methyl sites for hydroxylation is 1. The summed E-state index contributed by atoms with van der Waals surface area (Å²) in [7, 11) is 1.99. The van der Waals surface area contributed by atoms with Crippen molar-refractivity contribution in [2.24, 2.45) is 10.7 Å². The number of likely N-dealkylation sites (N-methyl/N-ethyl adjacent to an activating group) is 1. The lowest BCUT2D eigenvalue weighted by Gasteiger charge is -2.32. The second-order valence-electron chi connectivity index (χ2n) is 8.54. The Labute approximate surface area is 203 Å². The van der Waals surface area contributed by atoms with E-state index >= 15 is 4.39 Å². The van der Waals surface area contributed by atoms with Gasteiger partial charge in [-0.1, -0.05) is 6.58 Å². The van der Waals surface area contributed by atoms with Crippen molar-refractivity contribution < 1.29 is 13.6 Å². The number of benzene rings is 2. The number of carbonyl (C=O) groups excluding carboxylic acids is 1. The molecule has 2 heterocycles. The molecule has 2 aliphatic rings. The second kappa shape index (κ2) is 10.1. The molecule has 4 rings (SSSR count). The number of amides is 1. The molecule has 0 atom stereocenters. The number of piperazine rings is 1. The number of hydrogen-bond donors (Lipinski definition) is 2. The number of rotatable bonds is 5. The van der Waals surface area contributed by atoms with Crippen molar-refractivity contribution in [3.05, 3.63) is 95.6 Å². The molecular formula is C26H28F2N6O. The summed E-state index contributed by atoms with van der Waals surface area (Å²) in [4.78, 5) is 22.8. The molecule has 0 aromatic heterocycles. The number of nitrogens with zero attached hydrogens (tertiary/aromatic N) is 4. The molecule has 1 fully saturated rings. The third-order valence-electron chi connectivity index (χ3n) is 6.01. The topological polar surface area (TPSA) is 77.2 Å². The fourth-order valence-corrected chi connectivity index (χ4v) is 3.95. The maximum absolute atomic E-state index is 15.1. The minimum Gasteiger partial charge on any atom is -0.404 e. The molecular weight excluding hydrogens is 450 g/mol. The summed E-state index contributed by atoms with van der Waals surface area (Å²) in [5, 5.41) is 3.03. The van der Waals surface area contributed by atoms with Crippen LogP contribution in [0.5, 0.6) is 0 Å². The predicted octanol–water partition coefficient (Wildman–Crippen LogP) is 3.82. The molecule has 1 amide bonds. The summed E-state index contributed by atoms with van der Waals surface area (Å²) >= 11 is 0. The fourth-order valence-electron chi connectivity index (χ4n) is 3.95. The van der Waals surface area contributed by atoms with E-state index in [4.69, 9.17) is 5.73 Å². The monoisotopic (exact) mass is 478 g/mol. The average molecular weight is 479 g/mol. The first-order chi connectivity index (χ1) is 16.8. The summed E-state index contributed by atoms with van der Waals surface area (Å²) in [6, 6.07) is 9.07. The maximum atomic E-state index is 15.1. The molecule has 0 spiro atoms. The van der Waals surface area contributed by atoms with Crippen molar-refractivity contribution in [3.8, 4) is 0 Å². The molecule has 35 heavy (non-hydrogen) atoms. The van der Waals surface area contributed by atoms with E-state index in [-0.39, 0.29) is 17.3 Å². The minimum absolute atomic E-state index is 0.0346. The first-order valence-corrected chi connectivity index (χ1v) is 11.2. The van der Waals surface area contributed by atoms with E-state index in [9.17, 15) is 9.18 Å². The molecule has 0 aliphatic carbocycles. The fraction of sp³-hybridized carbons (Fsp3) is 0.231. The number of anilines is 2. The lowest BCUT2D eigenvalue weighted by atomic mass is 10.1. The maximum Gasteiger partial charge on any atom is 0.256 e. The van der Waals surface area contributed by atoms with Gasteiger partial charge in [-0.2, -0.15) is 0 Å². The minimum atomic E-state index is -0.608. The molecule has 0 bridgehead atoms. The van der Waals surface area contributed by atoms with Gasteiger partial charge >= 0.3 is 0 Å². The molecule has 7 nitrogen and oxygen atoms in total. The smallest absolute Gasteiger partial charge is 0.256 e. The van der Waals surface area contributed by atoms with Crippen LogP contribution in [0.15, 0.2) is 77.8 Å². The normalized spacial score (nSPS) is 18.5. The molecule has 2 aliphatic heterocycles. The van der Waals surface area contributed by atoms with Crippen LogP contribution in [0.2, 0.25) is 0 Å². The Balaban J connectivity index is 1.55. The van der Waals surface area contributed by atoms with E-state index in [0.29, 0.717) is 47.3 Å². The van der Waals surface area contributed by atoms with Gasteiger partial charge < -0.3 is 25.8 Å². The Morgan fingerprint density at radius 3 is 2.51 bits per heavy atom. The van der Waals surface area contributed by atoms with Crippen LogP contribution in [0.3, 0.4) is 0 Å². The van der Waals surface area contributed by atoms with Crippen LogP contribution in [0.4, 0.5) is 20.2 Å². The summed E-state index contributed by atoms with van der Waals surface area (Å²) < 4.78 is 28.6. The molecule has 3 N–H and O–H groups in total. The number of halogens is 2. The van der Waals surface area contributed by atoms with E-state index in [2.05, 4.69) is 21.8 Å². The number of nitrogens with one attached hydrogen (secondary N) is 1. The number of nitrogens with two attached hydrogens (primary N) is 1. The van der Waals surface area contributed by atoms with Gasteiger partial charge in [0.2, 0.25) is 0 Å². The first kappa shape index (κ1) is 24.2. The van der Waals surface area contributed by atoms with Crippen LogP contribution in [0.1, 0.15) is 15.9 Å². The van der Waals surface area contributed by atoms with Gasteiger partial charge in [0.25, 0.3) is 5.91 Å². The van der Waals surface area contributed by atoms with Crippen molar-refractivity contribution >= 4 is 23.1 Å². The van der Waals surface area contributed by atoms with E-state index in [1.807, 2.05) is 7.05 Å². The van der Waals surface area contributed by atoms with E-state index in [1.165, 1.54) is 24.4 Å². The highest BCUT2D eigenvalue weighted by atomic mass is 19.1. The van der Waals surface area contributed by atoms with E-state index in [1.54, 1.807) is 47.2 Å². The summed E-state index contributed by atoms with van der Waals surface area (Å²) in [5.74, 6) is -0.503. The van der Waals surface area contributed by atoms with E-state index < -0.39 is 5.82 Å². The zero-order valence-electron chi connectivity index (χ0n) is 19.8. The van der Waals surface area contributed by atoms with Gasteiger partial charge in [0.05, 0.1) is 5.56 Å². The number of aliphatic imine (C=N–C) groups is 1. The van der Waals surface area contributed by atoms with Crippen LogP contribution in [-0.4, -0.2) is 54.8 Å². The van der Waals surface area contributed by atoms with Crippen molar-refractivity contribution in [3.63, 3.8) is 0 Å². The van der Waals surface area contributed by atoms with Crippen molar-refractivity contribution in [2.45, 2.75) is 6.92 Å². The molecule has 182 valence electrons. The highest BCUT2D eigenvalue weighted by Crippen LogP contribution is 2.27.